The van der Waals surface area contributed by atoms with Gasteiger partial charge in [-0.25, -0.2) is 0 Å². The standard InChI is InChI=1S/C10H15NO/c1-2-10-8(5-6-12-10)7-11-9-3-4-9/h5-6,9,11H,2-4,7H2,1H3. The summed E-state index contributed by atoms with van der Waals surface area (Å²) in [6, 6.07) is 2.85. The highest BCUT2D eigenvalue weighted by molar-refractivity contribution is 5.16. The van der Waals surface area contributed by atoms with Gasteiger partial charge in [-0.1, -0.05) is 6.92 Å². The van der Waals surface area contributed by atoms with Gasteiger partial charge in [-0.3, -0.25) is 0 Å². The van der Waals surface area contributed by atoms with Crippen LogP contribution in [0.2, 0.25) is 0 Å². The van der Waals surface area contributed by atoms with Gasteiger partial charge in [0.25, 0.3) is 0 Å². The van der Waals surface area contributed by atoms with E-state index >= 15 is 0 Å². The topological polar surface area (TPSA) is 25.2 Å². The molecule has 2 nitrogen and oxygen atoms in total. The van der Waals surface area contributed by atoms with E-state index in [9.17, 15) is 0 Å². The molecule has 1 saturated carbocycles. The Bertz CT molecular complexity index is 250. The molecule has 0 radical (unpaired) electrons. The summed E-state index contributed by atoms with van der Waals surface area (Å²) in [6.45, 7) is 3.10. The first-order chi connectivity index (χ1) is 5.90. The minimum absolute atomic E-state index is 0.782. The van der Waals surface area contributed by atoms with Crippen LogP contribution >= 0.6 is 0 Å². The molecule has 1 heterocycles. The maximum atomic E-state index is 5.33. The molecule has 2 rings (SSSR count). The van der Waals surface area contributed by atoms with Gasteiger partial charge in [-0.2, -0.15) is 0 Å². The number of hydrogen-bond donors (Lipinski definition) is 1. The second-order valence-corrected chi connectivity index (χ2v) is 3.38. The van der Waals surface area contributed by atoms with Crippen molar-refractivity contribution in [2.24, 2.45) is 0 Å². The van der Waals surface area contributed by atoms with Gasteiger partial charge in [0.2, 0.25) is 0 Å². The Balaban J connectivity index is 1.91. The minimum Gasteiger partial charge on any atom is -0.469 e. The third-order valence-electron chi connectivity index (χ3n) is 2.32. The molecule has 0 amide bonds. The summed E-state index contributed by atoms with van der Waals surface area (Å²) in [5.74, 6) is 1.13. The maximum Gasteiger partial charge on any atom is 0.107 e. The van der Waals surface area contributed by atoms with Crippen LogP contribution in [0.1, 0.15) is 31.1 Å². The summed E-state index contributed by atoms with van der Waals surface area (Å²) >= 11 is 0. The van der Waals surface area contributed by atoms with Crippen LogP contribution in [0.4, 0.5) is 0 Å². The summed E-state index contributed by atoms with van der Waals surface area (Å²) in [6.07, 6.45) is 5.47. The van der Waals surface area contributed by atoms with Crippen LogP contribution in [0, 0.1) is 0 Å². The number of nitrogens with one attached hydrogen (secondary N) is 1. The molecular weight excluding hydrogens is 150 g/mol. The first-order valence-corrected chi connectivity index (χ1v) is 4.68. The Kier molecular flexibility index (Phi) is 2.17. The first kappa shape index (κ1) is 7.87. The van der Waals surface area contributed by atoms with Crippen LogP contribution in [-0.4, -0.2) is 6.04 Å². The van der Waals surface area contributed by atoms with Crippen molar-refractivity contribution in [2.75, 3.05) is 0 Å². The molecule has 0 spiro atoms. The molecule has 1 fully saturated rings. The average molecular weight is 165 g/mol. The van der Waals surface area contributed by atoms with Crippen LogP contribution < -0.4 is 5.32 Å². The molecule has 0 bridgehead atoms. The van der Waals surface area contributed by atoms with Crippen LogP contribution in [0.15, 0.2) is 16.7 Å². The van der Waals surface area contributed by atoms with Crippen molar-refractivity contribution in [3.05, 3.63) is 23.7 Å². The Morgan fingerprint density at radius 3 is 3.08 bits per heavy atom. The van der Waals surface area contributed by atoms with Crippen molar-refractivity contribution in [3.8, 4) is 0 Å². The second-order valence-electron chi connectivity index (χ2n) is 3.38. The second kappa shape index (κ2) is 3.31. The highest BCUT2D eigenvalue weighted by Gasteiger charge is 2.20. The predicted molar refractivity (Wildman–Crippen MR) is 47.9 cm³/mol. The Labute approximate surface area is 73.0 Å². The van der Waals surface area contributed by atoms with E-state index in [0.717, 1.165) is 24.8 Å². The fraction of sp³-hybridized carbons (Fsp3) is 0.600. The highest BCUT2D eigenvalue weighted by Crippen LogP contribution is 2.20. The summed E-state index contributed by atoms with van der Waals surface area (Å²) in [5, 5.41) is 3.47. The van der Waals surface area contributed by atoms with Crippen molar-refractivity contribution in [3.63, 3.8) is 0 Å². The summed E-state index contributed by atoms with van der Waals surface area (Å²) < 4.78 is 5.33. The lowest BCUT2D eigenvalue weighted by Crippen LogP contribution is -2.15. The van der Waals surface area contributed by atoms with Crippen LogP contribution in [0.5, 0.6) is 0 Å². The lowest BCUT2D eigenvalue weighted by molar-refractivity contribution is 0.507. The smallest absolute Gasteiger partial charge is 0.107 e. The van der Waals surface area contributed by atoms with Crippen molar-refractivity contribution >= 4 is 0 Å². The fourth-order valence-corrected chi connectivity index (χ4v) is 1.38. The molecule has 66 valence electrons. The third kappa shape index (κ3) is 1.69. The molecule has 1 aromatic rings. The quantitative estimate of drug-likeness (QED) is 0.739. The zero-order valence-electron chi connectivity index (χ0n) is 7.47. The van der Waals surface area contributed by atoms with Crippen LogP contribution in [0.25, 0.3) is 0 Å². The number of rotatable bonds is 4. The lowest BCUT2D eigenvalue weighted by Gasteiger charge is -2.01. The van der Waals surface area contributed by atoms with E-state index in [-0.39, 0.29) is 0 Å². The van der Waals surface area contributed by atoms with E-state index in [1.54, 1.807) is 6.26 Å². The molecule has 0 saturated heterocycles. The molecule has 0 aliphatic heterocycles. The Hall–Kier alpha value is -0.760. The molecule has 1 aliphatic carbocycles. The predicted octanol–water partition coefficient (Wildman–Crippen LogP) is 2.09. The van der Waals surface area contributed by atoms with Crippen molar-refractivity contribution in [2.45, 2.75) is 38.8 Å². The van der Waals surface area contributed by atoms with E-state index in [4.69, 9.17) is 4.42 Å². The molecule has 1 aromatic heterocycles. The van der Waals surface area contributed by atoms with Gasteiger partial charge in [-0.05, 0) is 18.9 Å². The number of furan rings is 1. The monoisotopic (exact) mass is 165 g/mol. The number of hydrogen-bond acceptors (Lipinski definition) is 2. The first-order valence-electron chi connectivity index (χ1n) is 4.68. The molecular formula is C10H15NO. The zero-order chi connectivity index (χ0) is 8.39. The molecule has 0 atom stereocenters. The third-order valence-corrected chi connectivity index (χ3v) is 2.32. The van der Waals surface area contributed by atoms with E-state index in [1.807, 2.05) is 0 Å². The zero-order valence-corrected chi connectivity index (χ0v) is 7.47. The van der Waals surface area contributed by atoms with Crippen LogP contribution in [-0.2, 0) is 13.0 Å². The van der Waals surface area contributed by atoms with E-state index < -0.39 is 0 Å². The fourth-order valence-electron chi connectivity index (χ4n) is 1.38. The van der Waals surface area contributed by atoms with Gasteiger partial charge < -0.3 is 9.73 Å². The van der Waals surface area contributed by atoms with Crippen molar-refractivity contribution < 1.29 is 4.42 Å². The molecule has 1 N–H and O–H groups in total. The van der Waals surface area contributed by atoms with Gasteiger partial charge in [0.15, 0.2) is 0 Å². The Morgan fingerprint density at radius 2 is 2.42 bits per heavy atom. The van der Waals surface area contributed by atoms with Gasteiger partial charge in [0, 0.05) is 24.6 Å². The van der Waals surface area contributed by atoms with Crippen molar-refractivity contribution in [1.29, 1.82) is 0 Å². The van der Waals surface area contributed by atoms with Crippen molar-refractivity contribution in [1.82, 2.24) is 5.32 Å². The summed E-state index contributed by atoms with van der Waals surface area (Å²) in [4.78, 5) is 0. The van der Waals surface area contributed by atoms with Crippen LogP contribution in [0.3, 0.4) is 0 Å². The molecule has 12 heavy (non-hydrogen) atoms. The average Bonchev–Trinajstić information content (AvgIpc) is 2.81. The molecule has 0 unspecified atom stereocenters. The molecule has 1 aliphatic rings. The van der Waals surface area contributed by atoms with Gasteiger partial charge in [0.1, 0.15) is 5.76 Å². The SMILES string of the molecule is CCc1occc1CNC1CC1. The van der Waals surface area contributed by atoms with E-state index in [0.29, 0.717) is 0 Å². The van der Waals surface area contributed by atoms with E-state index in [1.165, 1.54) is 18.4 Å². The summed E-state index contributed by atoms with van der Waals surface area (Å²) in [5.41, 5.74) is 1.32. The molecule has 0 aromatic carbocycles. The highest BCUT2D eigenvalue weighted by atomic mass is 16.3. The minimum atomic E-state index is 0.782. The van der Waals surface area contributed by atoms with Gasteiger partial charge in [-0.15, -0.1) is 0 Å². The number of aryl methyl sites for hydroxylation is 1. The maximum absolute atomic E-state index is 5.33. The summed E-state index contributed by atoms with van der Waals surface area (Å²) in [7, 11) is 0. The van der Waals surface area contributed by atoms with E-state index in [2.05, 4.69) is 18.3 Å². The molecule has 2 heteroatoms. The van der Waals surface area contributed by atoms with Gasteiger partial charge >= 0.3 is 0 Å². The Morgan fingerprint density at radius 1 is 1.58 bits per heavy atom. The lowest BCUT2D eigenvalue weighted by atomic mass is 10.2. The van der Waals surface area contributed by atoms with Gasteiger partial charge in [0.05, 0.1) is 6.26 Å². The largest absolute Gasteiger partial charge is 0.469 e. The normalized spacial score (nSPS) is 16.8.